The molecule has 0 aliphatic carbocycles. The van der Waals surface area contributed by atoms with Gasteiger partial charge in [-0.3, -0.25) is 9.89 Å². The zero-order chi connectivity index (χ0) is 23.3. The van der Waals surface area contributed by atoms with Gasteiger partial charge in [-0.1, -0.05) is 6.92 Å². The number of nitrogens with zero attached hydrogens (tertiary/aromatic N) is 2. The SMILES string of the molecule is C[C@H]1CN(c2ccc(OC(F)F)cc2)CC[C@H]1c1[nH]nc2c1C(O)(C(F)(F)F)CC(=O)N2. The summed E-state index contributed by atoms with van der Waals surface area (Å²) in [6.07, 6.45) is -5.73. The predicted octanol–water partition coefficient (Wildman–Crippen LogP) is 3.73. The summed E-state index contributed by atoms with van der Waals surface area (Å²) in [5, 5.41) is 19.3. The van der Waals surface area contributed by atoms with E-state index < -0.39 is 36.3 Å². The van der Waals surface area contributed by atoms with Crippen molar-refractivity contribution < 1.29 is 36.6 Å². The highest BCUT2D eigenvalue weighted by Gasteiger charge is 2.61. The number of carbonyl (C=O) groups is 1. The van der Waals surface area contributed by atoms with Gasteiger partial charge in [0.15, 0.2) is 11.4 Å². The van der Waals surface area contributed by atoms with Gasteiger partial charge in [-0.05, 0) is 36.6 Å². The lowest BCUT2D eigenvalue weighted by molar-refractivity contribution is -0.267. The van der Waals surface area contributed by atoms with E-state index in [0.29, 0.717) is 19.5 Å². The third-order valence-corrected chi connectivity index (χ3v) is 6.05. The van der Waals surface area contributed by atoms with Gasteiger partial charge >= 0.3 is 12.8 Å². The molecule has 0 bridgehead atoms. The van der Waals surface area contributed by atoms with Gasteiger partial charge in [0.2, 0.25) is 5.91 Å². The van der Waals surface area contributed by atoms with Crippen molar-refractivity contribution in [3.8, 4) is 5.75 Å². The van der Waals surface area contributed by atoms with Crippen LogP contribution in [-0.4, -0.2) is 47.1 Å². The molecule has 0 radical (unpaired) electrons. The zero-order valence-corrected chi connectivity index (χ0v) is 16.9. The molecule has 0 saturated carbocycles. The third kappa shape index (κ3) is 3.87. The Hall–Kier alpha value is -2.89. The van der Waals surface area contributed by atoms with Crippen LogP contribution in [-0.2, 0) is 10.4 Å². The molecule has 1 saturated heterocycles. The van der Waals surface area contributed by atoms with Crippen LogP contribution in [0.4, 0.5) is 33.5 Å². The first-order valence-corrected chi connectivity index (χ1v) is 9.97. The molecule has 1 aromatic heterocycles. The summed E-state index contributed by atoms with van der Waals surface area (Å²) in [5.41, 5.74) is -2.82. The molecule has 3 heterocycles. The van der Waals surface area contributed by atoms with Crippen molar-refractivity contribution >= 4 is 17.4 Å². The van der Waals surface area contributed by atoms with Gasteiger partial charge in [-0.2, -0.15) is 27.1 Å². The maximum atomic E-state index is 13.8. The van der Waals surface area contributed by atoms with Crippen LogP contribution in [0.1, 0.15) is 36.9 Å². The Labute approximate surface area is 179 Å². The number of anilines is 2. The molecule has 4 rings (SSSR count). The van der Waals surface area contributed by atoms with Gasteiger partial charge in [0.05, 0.1) is 12.0 Å². The molecule has 2 aliphatic rings. The van der Waals surface area contributed by atoms with E-state index in [1.807, 2.05) is 11.8 Å². The number of aliphatic hydroxyl groups is 1. The summed E-state index contributed by atoms with van der Waals surface area (Å²) in [6, 6.07) is 6.13. The van der Waals surface area contributed by atoms with Crippen LogP contribution in [0.2, 0.25) is 0 Å². The maximum Gasteiger partial charge on any atom is 0.422 e. The van der Waals surface area contributed by atoms with Gasteiger partial charge in [-0.15, -0.1) is 0 Å². The Morgan fingerprint density at radius 2 is 1.97 bits per heavy atom. The third-order valence-electron chi connectivity index (χ3n) is 6.05. The predicted molar refractivity (Wildman–Crippen MR) is 104 cm³/mol. The average Bonchev–Trinajstić information content (AvgIpc) is 3.11. The number of alkyl halides is 5. The fourth-order valence-corrected chi connectivity index (χ4v) is 4.52. The van der Waals surface area contributed by atoms with E-state index in [9.17, 15) is 31.9 Å². The molecule has 32 heavy (non-hydrogen) atoms. The molecule has 3 N–H and O–H groups in total. The second-order valence-corrected chi connectivity index (χ2v) is 8.13. The monoisotopic (exact) mass is 460 g/mol. The molecule has 7 nitrogen and oxygen atoms in total. The van der Waals surface area contributed by atoms with E-state index in [-0.39, 0.29) is 29.1 Å². The van der Waals surface area contributed by atoms with Crippen molar-refractivity contribution in [3.63, 3.8) is 0 Å². The first-order valence-electron chi connectivity index (χ1n) is 9.97. The highest BCUT2D eigenvalue weighted by atomic mass is 19.4. The normalized spacial score (nSPS) is 26.1. The standard InChI is InChI=1S/C20H21F5N4O3/c1-10-9-29(11-2-4-12(5-3-11)32-18(21)22)7-6-13(10)16-15-17(28-27-16)26-14(30)8-19(15,31)20(23,24)25/h2-5,10,13,18,31H,6-9H2,1H3,(H2,26,27,28,30)/t10-,13+,19?/m0/s1. The number of rotatable bonds is 4. The fraction of sp³-hybridized carbons (Fsp3) is 0.500. The minimum atomic E-state index is -5.05. The number of amides is 1. The Bertz CT molecular complexity index is 994. The van der Waals surface area contributed by atoms with Crippen molar-refractivity contribution in [1.82, 2.24) is 10.2 Å². The summed E-state index contributed by atoms with van der Waals surface area (Å²) < 4.78 is 70.3. The summed E-state index contributed by atoms with van der Waals surface area (Å²) in [6.45, 7) is -0.0946. The lowest BCUT2D eigenvalue weighted by Crippen LogP contribution is -2.49. The van der Waals surface area contributed by atoms with Crippen molar-refractivity contribution in [3.05, 3.63) is 35.5 Å². The van der Waals surface area contributed by atoms with Crippen LogP contribution in [0, 0.1) is 5.92 Å². The van der Waals surface area contributed by atoms with E-state index in [0.717, 1.165) is 5.69 Å². The molecule has 174 valence electrons. The van der Waals surface area contributed by atoms with Gasteiger partial charge < -0.3 is 20.1 Å². The second kappa shape index (κ2) is 7.91. The molecule has 2 aliphatic heterocycles. The molecule has 2 aromatic rings. The first kappa shape index (κ1) is 22.3. The number of nitrogens with one attached hydrogen (secondary N) is 2. The van der Waals surface area contributed by atoms with Crippen LogP contribution in [0.25, 0.3) is 0 Å². The summed E-state index contributed by atoms with van der Waals surface area (Å²) in [4.78, 5) is 13.7. The highest BCUT2D eigenvalue weighted by molar-refractivity contribution is 5.94. The smallest absolute Gasteiger partial charge is 0.422 e. The van der Waals surface area contributed by atoms with Crippen molar-refractivity contribution in [2.24, 2.45) is 5.92 Å². The van der Waals surface area contributed by atoms with Crippen molar-refractivity contribution in [1.29, 1.82) is 0 Å². The lowest BCUT2D eigenvalue weighted by Gasteiger charge is -2.40. The number of H-pyrrole nitrogens is 1. The molecule has 1 unspecified atom stereocenters. The van der Waals surface area contributed by atoms with E-state index in [4.69, 9.17) is 0 Å². The Balaban J connectivity index is 1.56. The van der Waals surface area contributed by atoms with Crippen LogP contribution >= 0.6 is 0 Å². The fourth-order valence-electron chi connectivity index (χ4n) is 4.52. The number of hydrogen-bond donors (Lipinski definition) is 3. The van der Waals surface area contributed by atoms with Gasteiger partial charge in [0.25, 0.3) is 0 Å². The minimum Gasteiger partial charge on any atom is -0.435 e. The molecule has 3 atom stereocenters. The van der Waals surface area contributed by atoms with Gasteiger partial charge in [0, 0.05) is 30.4 Å². The van der Waals surface area contributed by atoms with Crippen molar-refractivity contribution in [2.45, 2.75) is 44.1 Å². The number of fused-ring (bicyclic) bond motifs is 1. The van der Waals surface area contributed by atoms with E-state index in [2.05, 4.69) is 20.3 Å². The van der Waals surface area contributed by atoms with Crippen LogP contribution in [0.5, 0.6) is 5.75 Å². The number of carbonyl (C=O) groups excluding carboxylic acids is 1. The van der Waals surface area contributed by atoms with Crippen LogP contribution in [0.3, 0.4) is 0 Å². The van der Waals surface area contributed by atoms with Crippen LogP contribution in [0.15, 0.2) is 24.3 Å². The molecular weight excluding hydrogens is 439 g/mol. The quantitative estimate of drug-likeness (QED) is 0.605. The first-order chi connectivity index (χ1) is 15.0. The molecule has 1 amide bonds. The largest absolute Gasteiger partial charge is 0.435 e. The zero-order valence-electron chi connectivity index (χ0n) is 16.9. The molecule has 1 aromatic carbocycles. The minimum absolute atomic E-state index is 0.0317. The number of aromatic amines is 1. The van der Waals surface area contributed by atoms with Gasteiger partial charge in [0.1, 0.15) is 5.75 Å². The molecular formula is C20H21F5N4O3. The second-order valence-electron chi connectivity index (χ2n) is 8.13. The summed E-state index contributed by atoms with van der Waals surface area (Å²) >= 11 is 0. The summed E-state index contributed by atoms with van der Waals surface area (Å²) in [5.74, 6) is -1.74. The average molecular weight is 460 g/mol. The lowest BCUT2D eigenvalue weighted by atomic mass is 9.77. The van der Waals surface area contributed by atoms with Gasteiger partial charge in [-0.25, -0.2) is 0 Å². The number of hydrogen-bond acceptors (Lipinski definition) is 5. The maximum absolute atomic E-state index is 13.8. The van der Waals surface area contributed by atoms with Crippen molar-refractivity contribution in [2.75, 3.05) is 23.3 Å². The highest BCUT2D eigenvalue weighted by Crippen LogP contribution is 2.50. The van der Waals surface area contributed by atoms with E-state index in [1.165, 1.54) is 12.1 Å². The van der Waals surface area contributed by atoms with E-state index >= 15 is 0 Å². The number of piperidine rings is 1. The number of benzene rings is 1. The number of ether oxygens (including phenoxy) is 1. The van der Waals surface area contributed by atoms with E-state index in [1.54, 1.807) is 12.1 Å². The molecule has 12 heteroatoms. The topological polar surface area (TPSA) is 90.5 Å². The number of halogens is 5. The molecule has 1 fully saturated rings. The summed E-state index contributed by atoms with van der Waals surface area (Å²) in [7, 11) is 0. The Morgan fingerprint density at radius 1 is 1.28 bits per heavy atom. The Kier molecular flexibility index (Phi) is 5.51. The van der Waals surface area contributed by atoms with Crippen LogP contribution < -0.4 is 15.0 Å². The number of aromatic nitrogens is 2. The Morgan fingerprint density at radius 3 is 2.56 bits per heavy atom. The molecule has 0 spiro atoms.